The molecule has 0 radical (unpaired) electrons. The summed E-state index contributed by atoms with van der Waals surface area (Å²) in [6, 6.07) is 5.87. The van der Waals surface area contributed by atoms with E-state index >= 15 is 0 Å². The minimum absolute atomic E-state index is 0.183. The van der Waals surface area contributed by atoms with E-state index in [1.807, 2.05) is 18.2 Å². The molecule has 2 atom stereocenters. The molecular weight excluding hydrogens is 250 g/mol. The van der Waals surface area contributed by atoms with Gasteiger partial charge in [0.2, 0.25) is 0 Å². The maximum absolute atomic E-state index is 6.31. The lowest BCUT2D eigenvalue weighted by atomic mass is 9.73. The van der Waals surface area contributed by atoms with Crippen molar-refractivity contribution in [1.29, 1.82) is 0 Å². The second-order valence-corrected chi connectivity index (χ2v) is 5.73. The smallest absolute Gasteiger partial charge is 0.125 e. The highest BCUT2D eigenvalue weighted by atomic mass is 35.5. The molecule has 18 heavy (non-hydrogen) atoms. The van der Waals surface area contributed by atoms with Crippen molar-refractivity contribution in [2.24, 2.45) is 5.16 Å². The van der Waals surface area contributed by atoms with Crippen molar-refractivity contribution in [2.75, 3.05) is 7.11 Å². The summed E-state index contributed by atoms with van der Waals surface area (Å²) in [7, 11) is 1.58. The van der Waals surface area contributed by atoms with Crippen LogP contribution in [-0.2, 0) is 4.84 Å². The van der Waals surface area contributed by atoms with E-state index in [2.05, 4.69) is 12.1 Å². The molecule has 0 amide bonds. The van der Waals surface area contributed by atoms with Gasteiger partial charge in [0.15, 0.2) is 0 Å². The molecule has 2 aliphatic rings. The van der Waals surface area contributed by atoms with Crippen LogP contribution in [-0.4, -0.2) is 18.4 Å². The maximum Gasteiger partial charge on any atom is 0.125 e. The summed E-state index contributed by atoms with van der Waals surface area (Å²) < 4.78 is 6.13. The number of benzene rings is 1. The number of fused-ring (bicyclic) bond motifs is 4. The number of nitrogens with zero attached hydrogens (tertiary/aromatic N) is 1. The van der Waals surface area contributed by atoms with E-state index < -0.39 is 0 Å². The molecule has 96 valence electrons. The highest BCUT2D eigenvalue weighted by molar-refractivity contribution is 6.31. The molecule has 1 aromatic carbocycles. The monoisotopic (exact) mass is 265 g/mol. The second-order valence-electron chi connectivity index (χ2n) is 5.33. The molecule has 2 unspecified atom stereocenters. The van der Waals surface area contributed by atoms with Crippen LogP contribution in [0.15, 0.2) is 23.4 Å². The van der Waals surface area contributed by atoms with Gasteiger partial charge in [-0.05, 0) is 37.8 Å². The van der Waals surface area contributed by atoms with Gasteiger partial charge in [-0.2, -0.15) is 0 Å². The first kappa shape index (κ1) is 11.8. The molecule has 4 heteroatoms. The first-order valence-corrected chi connectivity index (χ1v) is 6.55. The molecule has 1 saturated carbocycles. The molecule has 1 aromatic rings. The minimum Gasteiger partial charge on any atom is -0.487 e. The zero-order chi connectivity index (χ0) is 12.8. The zero-order valence-corrected chi connectivity index (χ0v) is 11.3. The lowest BCUT2D eigenvalue weighted by Crippen LogP contribution is -2.44. The van der Waals surface area contributed by atoms with Crippen molar-refractivity contribution < 1.29 is 9.57 Å². The van der Waals surface area contributed by atoms with Crippen LogP contribution in [0, 0.1) is 0 Å². The lowest BCUT2D eigenvalue weighted by molar-refractivity contribution is 0.0500. The van der Waals surface area contributed by atoms with Crippen molar-refractivity contribution >= 4 is 17.3 Å². The van der Waals surface area contributed by atoms with Crippen LogP contribution in [0.3, 0.4) is 0 Å². The Balaban J connectivity index is 2.05. The molecule has 3 nitrogen and oxygen atoms in total. The Bertz CT molecular complexity index is 515. The van der Waals surface area contributed by atoms with E-state index in [9.17, 15) is 0 Å². The topological polar surface area (TPSA) is 30.8 Å². The van der Waals surface area contributed by atoms with Crippen molar-refractivity contribution in [3.8, 4) is 5.75 Å². The van der Waals surface area contributed by atoms with E-state index in [-0.39, 0.29) is 5.60 Å². The van der Waals surface area contributed by atoms with Gasteiger partial charge in [0.25, 0.3) is 0 Å². The molecule has 1 aliphatic carbocycles. The van der Waals surface area contributed by atoms with Crippen LogP contribution in [0.4, 0.5) is 0 Å². The predicted octanol–water partition coefficient (Wildman–Crippen LogP) is 3.76. The Morgan fingerprint density at radius 1 is 1.50 bits per heavy atom. The Hall–Kier alpha value is -1.22. The summed E-state index contributed by atoms with van der Waals surface area (Å²) in [5, 5.41) is 4.90. The minimum atomic E-state index is -0.183. The first-order valence-electron chi connectivity index (χ1n) is 6.18. The number of hydrogen-bond donors (Lipinski definition) is 0. The molecule has 3 rings (SSSR count). The fraction of sp³-hybridized carbons (Fsp3) is 0.500. The van der Waals surface area contributed by atoms with Gasteiger partial charge in [-0.1, -0.05) is 22.8 Å². The van der Waals surface area contributed by atoms with Crippen LogP contribution in [0.5, 0.6) is 5.75 Å². The Kier molecular flexibility index (Phi) is 2.74. The summed E-state index contributed by atoms with van der Waals surface area (Å²) in [5.74, 6) is 1.31. The molecular formula is C14H16ClNO2. The lowest BCUT2D eigenvalue weighted by Gasteiger charge is -2.44. The summed E-state index contributed by atoms with van der Waals surface area (Å²) in [5.41, 5.74) is 2.00. The predicted molar refractivity (Wildman–Crippen MR) is 71.5 cm³/mol. The van der Waals surface area contributed by atoms with Crippen LogP contribution in [0.1, 0.15) is 37.7 Å². The van der Waals surface area contributed by atoms with Gasteiger partial charge in [-0.15, -0.1) is 0 Å². The number of hydrogen-bond acceptors (Lipinski definition) is 3. The van der Waals surface area contributed by atoms with E-state index in [1.54, 1.807) is 7.11 Å². The molecule has 2 bridgehead atoms. The second kappa shape index (κ2) is 4.16. The Morgan fingerprint density at radius 2 is 2.33 bits per heavy atom. The van der Waals surface area contributed by atoms with Gasteiger partial charge in [0.1, 0.15) is 18.5 Å². The van der Waals surface area contributed by atoms with Crippen LogP contribution >= 0.6 is 11.6 Å². The summed E-state index contributed by atoms with van der Waals surface area (Å²) in [4.78, 5) is 4.91. The normalized spacial score (nSPS) is 31.7. The molecule has 0 saturated heterocycles. The highest BCUT2D eigenvalue weighted by Crippen LogP contribution is 2.50. The molecule has 1 heterocycles. The van der Waals surface area contributed by atoms with E-state index in [0.717, 1.165) is 41.3 Å². The van der Waals surface area contributed by atoms with Gasteiger partial charge in [-0.25, -0.2) is 0 Å². The van der Waals surface area contributed by atoms with Crippen molar-refractivity contribution in [1.82, 2.24) is 0 Å². The van der Waals surface area contributed by atoms with Gasteiger partial charge in [-0.3, -0.25) is 0 Å². The summed E-state index contributed by atoms with van der Waals surface area (Å²) in [6.45, 7) is 2.13. The summed E-state index contributed by atoms with van der Waals surface area (Å²) >= 11 is 6.31. The Labute approximate surface area is 112 Å². The van der Waals surface area contributed by atoms with Crippen LogP contribution in [0.2, 0.25) is 5.02 Å². The first-order chi connectivity index (χ1) is 8.61. The van der Waals surface area contributed by atoms with Crippen molar-refractivity contribution in [2.45, 2.75) is 37.7 Å². The van der Waals surface area contributed by atoms with Crippen LogP contribution < -0.4 is 4.74 Å². The quantitative estimate of drug-likeness (QED) is 0.724. The SMILES string of the molecule is CON=C1CC2CC(C)(C1)Oc1cccc(Cl)c12. The third kappa shape index (κ3) is 1.87. The number of halogens is 1. The number of ether oxygens (including phenoxy) is 1. The molecule has 0 spiro atoms. The van der Waals surface area contributed by atoms with E-state index in [0.29, 0.717) is 5.92 Å². The van der Waals surface area contributed by atoms with Crippen LogP contribution in [0.25, 0.3) is 0 Å². The Morgan fingerprint density at radius 3 is 3.11 bits per heavy atom. The largest absolute Gasteiger partial charge is 0.487 e. The van der Waals surface area contributed by atoms with E-state index in [1.165, 1.54) is 0 Å². The number of rotatable bonds is 1. The molecule has 0 aromatic heterocycles. The average molecular weight is 266 g/mol. The molecule has 1 fully saturated rings. The molecule has 1 aliphatic heterocycles. The van der Waals surface area contributed by atoms with Crippen molar-refractivity contribution in [3.63, 3.8) is 0 Å². The maximum atomic E-state index is 6.31. The average Bonchev–Trinajstić information content (AvgIpc) is 2.27. The third-order valence-corrected chi connectivity index (χ3v) is 4.07. The van der Waals surface area contributed by atoms with E-state index in [4.69, 9.17) is 21.2 Å². The standard InChI is InChI=1S/C14H16ClNO2/c1-14-7-9(6-10(8-14)16-17-2)13-11(15)4-3-5-12(13)18-14/h3-5,9H,6-8H2,1-2H3. The zero-order valence-electron chi connectivity index (χ0n) is 10.6. The fourth-order valence-corrected chi connectivity index (χ4v) is 3.52. The van der Waals surface area contributed by atoms with Gasteiger partial charge < -0.3 is 9.57 Å². The highest BCUT2D eigenvalue weighted by Gasteiger charge is 2.43. The van der Waals surface area contributed by atoms with Crippen molar-refractivity contribution in [3.05, 3.63) is 28.8 Å². The van der Waals surface area contributed by atoms with Gasteiger partial charge in [0.05, 0.1) is 5.71 Å². The summed E-state index contributed by atoms with van der Waals surface area (Å²) in [6.07, 6.45) is 2.72. The fourth-order valence-electron chi connectivity index (χ4n) is 3.20. The van der Waals surface area contributed by atoms with Gasteiger partial charge >= 0.3 is 0 Å². The third-order valence-electron chi connectivity index (χ3n) is 3.74. The molecule has 0 N–H and O–H groups in total. The number of oxime groups is 1. The van der Waals surface area contributed by atoms with Gasteiger partial charge in [0, 0.05) is 17.0 Å².